The van der Waals surface area contributed by atoms with Crippen LogP contribution in [-0.2, 0) is 0 Å². The fourth-order valence-electron chi connectivity index (χ4n) is 3.18. The molecule has 1 aliphatic rings. The first-order valence-corrected chi connectivity index (χ1v) is 8.49. The molecule has 1 unspecified atom stereocenters. The van der Waals surface area contributed by atoms with E-state index in [2.05, 4.69) is 10.2 Å². The van der Waals surface area contributed by atoms with Crippen molar-refractivity contribution in [3.05, 3.63) is 57.8 Å². The lowest BCUT2D eigenvalue weighted by molar-refractivity contribution is -0.402. The summed E-state index contributed by atoms with van der Waals surface area (Å²) in [7, 11) is 1.62. The minimum atomic E-state index is -0.667. The van der Waals surface area contributed by atoms with E-state index < -0.39 is 16.7 Å². The zero-order valence-electron chi connectivity index (χ0n) is 14.5. The lowest BCUT2D eigenvalue weighted by atomic mass is 10.0. The molecule has 0 radical (unpaired) electrons. The number of ether oxygens (including phenoxy) is 1. The van der Waals surface area contributed by atoms with Crippen LogP contribution in [0.4, 0.5) is 5.88 Å². The summed E-state index contributed by atoms with van der Waals surface area (Å²) < 4.78 is 10.3. The van der Waals surface area contributed by atoms with E-state index in [0.717, 1.165) is 37.2 Å². The number of furan rings is 1. The van der Waals surface area contributed by atoms with Crippen LogP contribution in [0.25, 0.3) is 0 Å². The standard InChI is InChI=1S/C18H21N3O5/c1-25-14-6-4-5-13(11-14)15(20-9-2-3-10-20)12-19-18(22)16-7-8-17(26-16)21(23)24/h4-8,11,15H,2-3,9-10,12H2,1H3,(H,19,22). The highest BCUT2D eigenvalue weighted by atomic mass is 16.6. The number of carbonyl (C=O) groups is 1. The van der Waals surface area contributed by atoms with E-state index >= 15 is 0 Å². The zero-order valence-corrected chi connectivity index (χ0v) is 14.5. The van der Waals surface area contributed by atoms with Gasteiger partial charge in [0.15, 0.2) is 5.76 Å². The molecule has 0 spiro atoms. The van der Waals surface area contributed by atoms with Crippen molar-refractivity contribution in [1.82, 2.24) is 10.2 Å². The molecule has 26 heavy (non-hydrogen) atoms. The second-order valence-electron chi connectivity index (χ2n) is 6.14. The molecular weight excluding hydrogens is 338 g/mol. The number of nitrogens with zero attached hydrogens (tertiary/aromatic N) is 2. The van der Waals surface area contributed by atoms with Crippen LogP contribution in [0.1, 0.15) is 35.0 Å². The van der Waals surface area contributed by atoms with E-state index in [1.54, 1.807) is 7.11 Å². The Balaban J connectivity index is 1.72. The molecule has 2 aromatic rings. The maximum Gasteiger partial charge on any atom is 0.433 e. The number of nitrogens with one attached hydrogen (secondary N) is 1. The Kier molecular flexibility index (Phi) is 5.52. The predicted molar refractivity (Wildman–Crippen MR) is 94.2 cm³/mol. The van der Waals surface area contributed by atoms with Gasteiger partial charge in [-0.25, -0.2) is 0 Å². The summed E-state index contributed by atoms with van der Waals surface area (Å²) in [5.41, 5.74) is 1.05. The fourth-order valence-corrected chi connectivity index (χ4v) is 3.18. The number of hydrogen-bond acceptors (Lipinski definition) is 6. The van der Waals surface area contributed by atoms with Gasteiger partial charge in [-0.3, -0.25) is 19.8 Å². The van der Waals surface area contributed by atoms with Gasteiger partial charge < -0.3 is 14.5 Å². The van der Waals surface area contributed by atoms with E-state index in [1.165, 1.54) is 12.1 Å². The molecule has 8 nitrogen and oxygen atoms in total. The third-order valence-electron chi connectivity index (χ3n) is 4.51. The molecule has 1 amide bonds. The molecule has 0 aliphatic carbocycles. The van der Waals surface area contributed by atoms with E-state index in [-0.39, 0.29) is 11.8 Å². The molecule has 2 heterocycles. The summed E-state index contributed by atoms with van der Waals surface area (Å²) in [4.78, 5) is 24.6. The molecule has 1 fully saturated rings. The van der Waals surface area contributed by atoms with Crippen molar-refractivity contribution < 1.29 is 18.9 Å². The molecule has 1 aromatic carbocycles. The highest BCUT2D eigenvalue weighted by molar-refractivity contribution is 5.91. The van der Waals surface area contributed by atoms with Crippen molar-refractivity contribution in [2.45, 2.75) is 18.9 Å². The summed E-state index contributed by atoms with van der Waals surface area (Å²) in [6, 6.07) is 10.3. The van der Waals surface area contributed by atoms with E-state index in [9.17, 15) is 14.9 Å². The summed E-state index contributed by atoms with van der Waals surface area (Å²) in [6.45, 7) is 2.30. The Hall–Kier alpha value is -2.87. The number of benzene rings is 1. The van der Waals surface area contributed by atoms with Crippen molar-refractivity contribution in [2.24, 2.45) is 0 Å². The number of amides is 1. The van der Waals surface area contributed by atoms with Crippen LogP contribution >= 0.6 is 0 Å². The quantitative estimate of drug-likeness (QED) is 0.603. The first kappa shape index (κ1) is 17.9. The van der Waals surface area contributed by atoms with Gasteiger partial charge in [0.1, 0.15) is 10.7 Å². The molecule has 1 saturated heterocycles. The maximum absolute atomic E-state index is 12.3. The van der Waals surface area contributed by atoms with Crippen LogP contribution in [0.2, 0.25) is 0 Å². The van der Waals surface area contributed by atoms with Gasteiger partial charge in [0.2, 0.25) is 0 Å². The number of carbonyl (C=O) groups excluding carboxylic acids is 1. The molecule has 1 atom stereocenters. The number of nitro groups is 1. The maximum atomic E-state index is 12.3. The van der Waals surface area contributed by atoms with Gasteiger partial charge in [0.05, 0.1) is 19.2 Å². The van der Waals surface area contributed by atoms with Gasteiger partial charge in [0, 0.05) is 6.54 Å². The van der Waals surface area contributed by atoms with Gasteiger partial charge in [-0.15, -0.1) is 0 Å². The molecule has 3 rings (SSSR count). The van der Waals surface area contributed by atoms with E-state index in [0.29, 0.717) is 6.54 Å². The minimum absolute atomic E-state index is 0.00139. The molecule has 1 aliphatic heterocycles. The smallest absolute Gasteiger partial charge is 0.433 e. The second kappa shape index (κ2) is 8.01. The second-order valence-corrected chi connectivity index (χ2v) is 6.14. The monoisotopic (exact) mass is 359 g/mol. The molecule has 1 aromatic heterocycles. The first-order chi connectivity index (χ1) is 12.6. The Labute approximate surface area is 150 Å². The first-order valence-electron chi connectivity index (χ1n) is 8.49. The SMILES string of the molecule is COc1cccc(C(CNC(=O)c2ccc([N+](=O)[O-])o2)N2CCCC2)c1. The Morgan fingerprint density at radius 2 is 2.12 bits per heavy atom. The molecular formula is C18H21N3O5. The van der Waals surface area contributed by atoms with Crippen molar-refractivity contribution in [3.8, 4) is 5.75 Å². The van der Waals surface area contributed by atoms with Crippen molar-refractivity contribution >= 4 is 11.8 Å². The van der Waals surface area contributed by atoms with Gasteiger partial charge >= 0.3 is 5.88 Å². The Morgan fingerprint density at radius 1 is 1.35 bits per heavy atom. The fraction of sp³-hybridized carbons (Fsp3) is 0.389. The van der Waals surface area contributed by atoms with Crippen molar-refractivity contribution in [3.63, 3.8) is 0 Å². The normalized spacial score (nSPS) is 15.6. The third kappa shape index (κ3) is 4.02. The lowest BCUT2D eigenvalue weighted by Crippen LogP contribution is -2.36. The third-order valence-corrected chi connectivity index (χ3v) is 4.51. The summed E-state index contributed by atoms with van der Waals surface area (Å²) >= 11 is 0. The van der Waals surface area contributed by atoms with Crippen LogP contribution in [0.15, 0.2) is 40.8 Å². The average molecular weight is 359 g/mol. The molecule has 8 heteroatoms. The highest BCUT2D eigenvalue weighted by Crippen LogP contribution is 2.27. The van der Waals surface area contributed by atoms with Crippen molar-refractivity contribution in [1.29, 1.82) is 0 Å². The van der Waals surface area contributed by atoms with Gasteiger partial charge in [-0.1, -0.05) is 12.1 Å². The van der Waals surface area contributed by atoms with Crippen molar-refractivity contribution in [2.75, 3.05) is 26.7 Å². The Bertz CT molecular complexity index is 783. The van der Waals surface area contributed by atoms with Crippen LogP contribution in [0, 0.1) is 10.1 Å². The minimum Gasteiger partial charge on any atom is -0.497 e. The van der Waals surface area contributed by atoms with Gasteiger partial charge in [0.25, 0.3) is 5.91 Å². The molecule has 1 N–H and O–H groups in total. The zero-order chi connectivity index (χ0) is 18.5. The van der Waals surface area contributed by atoms with Gasteiger partial charge in [-0.2, -0.15) is 0 Å². The largest absolute Gasteiger partial charge is 0.497 e. The lowest BCUT2D eigenvalue weighted by Gasteiger charge is -2.28. The predicted octanol–water partition coefficient (Wildman–Crippen LogP) is 2.76. The molecule has 0 bridgehead atoms. The summed E-state index contributed by atoms with van der Waals surface area (Å²) in [5.74, 6) is -0.216. The average Bonchev–Trinajstić information content (AvgIpc) is 3.34. The number of hydrogen-bond donors (Lipinski definition) is 1. The highest BCUT2D eigenvalue weighted by Gasteiger charge is 2.25. The van der Waals surface area contributed by atoms with Crippen LogP contribution in [0.3, 0.4) is 0 Å². The number of methoxy groups -OCH3 is 1. The molecule has 0 saturated carbocycles. The van der Waals surface area contributed by atoms with Crippen LogP contribution < -0.4 is 10.1 Å². The number of likely N-dealkylation sites (tertiary alicyclic amines) is 1. The van der Waals surface area contributed by atoms with Crippen LogP contribution in [-0.4, -0.2) is 42.5 Å². The van der Waals surface area contributed by atoms with Crippen LogP contribution in [0.5, 0.6) is 5.75 Å². The van der Waals surface area contributed by atoms with E-state index in [1.807, 2.05) is 24.3 Å². The molecule has 138 valence electrons. The summed E-state index contributed by atoms with van der Waals surface area (Å²) in [6.07, 6.45) is 2.25. The summed E-state index contributed by atoms with van der Waals surface area (Å²) in [5, 5.41) is 13.5. The number of rotatable bonds is 7. The van der Waals surface area contributed by atoms with E-state index in [4.69, 9.17) is 9.15 Å². The Morgan fingerprint density at radius 3 is 2.77 bits per heavy atom. The topological polar surface area (TPSA) is 97.8 Å². The van der Waals surface area contributed by atoms with Gasteiger partial charge in [-0.05, 0) is 49.7 Å².